The summed E-state index contributed by atoms with van der Waals surface area (Å²) in [6.45, 7) is 2.00. The van der Waals surface area contributed by atoms with Crippen molar-refractivity contribution in [2.24, 2.45) is 5.92 Å². The number of methoxy groups -OCH3 is 2. The van der Waals surface area contributed by atoms with Crippen LogP contribution in [0.4, 0.5) is 5.82 Å². The Kier molecular flexibility index (Phi) is 8.25. The van der Waals surface area contributed by atoms with E-state index in [1.165, 1.54) is 5.56 Å². The Hall–Kier alpha value is -3.26. The fourth-order valence-electron chi connectivity index (χ4n) is 3.99. The molecule has 3 aromatic rings. The maximum absolute atomic E-state index is 12.7. The van der Waals surface area contributed by atoms with Crippen molar-refractivity contribution < 1.29 is 14.3 Å². The lowest BCUT2D eigenvalue weighted by atomic mass is 9.96. The molecule has 1 N–H and O–H groups in total. The number of carbonyl (C=O) groups excluding carboxylic acids is 1. The van der Waals surface area contributed by atoms with Gasteiger partial charge in [0.05, 0.1) is 14.2 Å². The maximum Gasteiger partial charge on any atom is 0.223 e. The number of hydrogen-bond acceptors (Lipinski definition) is 7. The highest BCUT2D eigenvalue weighted by Gasteiger charge is 2.26. The molecule has 0 atom stereocenters. The van der Waals surface area contributed by atoms with Crippen LogP contribution < -0.4 is 19.7 Å². The summed E-state index contributed by atoms with van der Waals surface area (Å²) < 4.78 is 10.7. The van der Waals surface area contributed by atoms with Gasteiger partial charge in [-0.2, -0.15) is 0 Å². The molecule has 1 amide bonds. The van der Waals surface area contributed by atoms with Gasteiger partial charge in [-0.1, -0.05) is 42.1 Å². The minimum Gasteiger partial charge on any atom is -0.497 e. The molecule has 0 saturated carbocycles. The van der Waals surface area contributed by atoms with Crippen molar-refractivity contribution in [3.63, 3.8) is 0 Å². The lowest BCUT2D eigenvalue weighted by Gasteiger charge is -2.31. The van der Waals surface area contributed by atoms with Gasteiger partial charge in [-0.15, -0.1) is 10.2 Å². The Labute approximate surface area is 204 Å². The zero-order valence-corrected chi connectivity index (χ0v) is 20.4. The van der Waals surface area contributed by atoms with E-state index in [0.29, 0.717) is 12.3 Å². The average molecular weight is 479 g/mol. The van der Waals surface area contributed by atoms with Crippen LogP contribution in [0.25, 0.3) is 0 Å². The summed E-state index contributed by atoms with van der Waals surface area (Å²) in [5.74, 6) is 3.25. The number of ether oxygens (including phenoxy) is 2. The number of anilines is 1. The zero-order chi connectivity index (χ0) is 23.8. The fraction of sp³-hybridized carbons (Fsp3) is 0.346. The van der Waals surface area contributed by atoms with Gasteiger partial charge in [0.1, 0.15) is 16.5 Å². The molecule has 178 valence electrons. The van der Waals surface area contributed by atoms with Gasteiger partial charge in [-0.3, -0.25) is 4.79 Å². The Morgan fingerprint density at radius 2 is 1.82 bits per heavy atom. The van der Waals surface area contributed by atoms with Gasteiger partial charge in [0.2, 0.25) is 5.91 Å². The second-order valence-corrected chi connectivity index (χ2v) is 9.16. The maximum atomic E-state index is 12.7. The monoisotopic (exact) mass is 478 g/mol. The third-order valence-electron chi connectivity index (χ3n) is 5.99. The third kappa shape index (κ3) is 6.20. The van der Waals surface area contributed by atoms with Crippen LogP contribution in [-0.4, -0.2) is 43.4 Å². The van der Waals surface area contributed by atoms with Crippen molar-refractivity contribution in [2.75, 3.05) is 32.2 Å². The van der Waals surface area contributed by atoms with E-state index in [4.69, 9.17) is 9.47 Å². The number of rotatable bonds is 9. The van der Waals surface area contributed by atoms with E-state index in [-0.39, 0.29) is 11.8 Å². The summed E-state index contributed by atoms with van der Waals surface area (Å²) in [6, 6.07) is 20.0. The highest BCUT2D eigenvalue weighted by atomic mass is 32.2. The molecular weight excluding hydrogens is 448 g/mol. The summed E-state index contributed by atoms with van der Waals surface area (Å²) in [6.07, 6.45) is 1.58. The Balaban J connectivity index is 1.24. The van der Waals surface area contributed by atoms with Crippen molar-refractivity contribution in [3.8, 4) is 11.5 Å². The fourth-order valence-corrected chi connectivity index (χ4v) is 4.76. The Morgan fingerprint density at radius 3 is 2.50 bits per heavy atom. The minimum absolute atomic E-state index is 0.00541. The second-order valence-electron chi connectivity index (χ2n) is 8.16. The van der Waals surface area contributed by atoms with Crippen LogP contribution in [0, 0.1) is 5.92 Å². The molecule has 0 spiro atoms. The molecule has 0 radical (unpaired) electrons. The van der Waals surface area contributed by atoms with Crippen molar-refractivity contribution in [2.45, 2.75) is 30.2 Å². The lowest BCUT2D eigenvalue weighted by Crippen LogP contribution is -2.40. The number of piperidine rings is 1. The SMILES string of the molecule is COc1ccc(CNC(=O)C2CCN(c3ccc(SCc4ccccc4)nn3)CC2)c(OC)c1. The van der Waals surface area contributed by atoms with E-state index >= 15 is 0 Å². The van der Waals surface area contributed by atoms with Crippen LogP contribution in [-0.2, 0) is 17.1 Å². The molecule has 34 heavy (non-hydrogen) atoms. The van der Waals surface area contributed by atoms with E-state index in [1.54, 1.807) is 26.0 Å². The molecule has 0 bridgehead atoms. The van der Waals surface area contributed by atoms with Crippen molar-refractivity contribution >= 4 is 23.5 Å². The molecule has 1 aliphatic rings. The van der Waals surface area contributed by atoms with Crippen LogP contribution in [0.5, 0.6) is 11.5 Å². The Bertz CT molecular complexity index is 1070. The quantitative estimate of drug-likeness (QED) is 0.459. The molecule has 4 rings (SSSR count). The van der Waals surface area contributed by atoms with Crippen molar-refractivity contribution in [1.29, 1.82) is 0 Å². The first-order valence-corrected chi connectivity index (χ1v) is 12.4. The van der Waals surface area contributed by atoms with Crippen molar-refractivity contribution in [3.05, 3.63) is 71.8 Å². The number of hydrogen-bond donors (Lipinski definition) is 1. The minimum atomic E-state index is -0.00541. The molecule has 1 fully saturated rings. The van der Waals surface area contributed by atoms with E-state index in [9.17, 15) is 4.79 Å². The predicted molar refractivity (Wildman–Crippen MR) is 134 cm³/mol. The summed E-state index contributed by atoms with van der Waals surface area (Å²) >= 11 is 1.68. The van der Waals surface area contributed by atoms with Gasteiger partial charge in [0.15, 0.2) is 5.82 Å². The average Bonchev–Trinajstić information content (AvgIpc) is 2.91. The van der Waals surface area contributed by atoms with Gasteiger partial charge in [0, 0.05) is 42.9 Å². The molecule has 7 nitrogen and oxygen atoms in total. The molecule has 8 heteroatoms. The smallest absolute Gasteiger partial charge is 0.223 e. The number of carbonyl (C=O) groups is 1. The third-order valence-corrected chi connectivity index (χ3v) is 6.98. The molecule has 1 aromatic heterocycles. The summed E-state index contributed by atoms with van der Waals surface area (Å²) in [5, 5.41) is 12.8. The Morgan fingerprint density at radius 1 is 1.03 bits per heavy atom. The molecule has 2 heterocycles. The van der Waals surface area contributed by atoms with Crippen LogP contribution in [0.3, 0.4) is 0 Å². The first kappa shape index (κ1) is 23.9. The topological polar surface area (TPSA) is 76.6 Å². The molecule has 1 aliphatic heterocycles. The molecular formula is C26H30N4O3S. The van der Waals surface area contributed by atoms with Gasteiger partial charge < -0.3 is 19.7 Å². The molecule has 0 unspecified atom stereocenters. The van der Waals surface area contributed by atoms with E-state index < -0.39 is 0 Å². The lowest BCUT2D eigenvalue weighted by molar-refractivity contribution is -0.125. The van der Waals surface area contributed by atoms with E-state index in [2.05, 4.69) is 32.5 Å². The number of benzene rings is 2. The largest absolute Gasteiger partial charge is 0.497 e. The van der Waals surface area contributed by atoms with Gasteiger partial charge in [-0.05, 0) is 42.7 Å². The highest BCUT2D eigenvalue weighted by molar-refractivity contribution is 7.98. The molecule has 1 saturated heterocycles. The first-order chi connectivity index (χ1) is 16.7. The molecule has 2 aromatic carbocycles. The van der Waals surface area contributed by atoms with Crippen LogP contribution in [0.1, 0.15) is 24.0 Å². The van der Waals surface area contributed by atoms with Gasteiger partial charge >= 0.3 is 0 Å². The summed E-state index contributed by atoms with van der Waals surface area (Å²) in [7, 11) is 3.24. The van der Waals surface area contributed by atoms with Gasteiger partial charge in [0.25, 0.3) is 0 Å². The van der Waals surface area contributed by atoms with Crippen LogP contribution in [0.15, 0.2) is 65.7 Å². The molecule has 0 aliphatic carbocycles. The van der Waals surface area contributed by atoms with Crippen LogP contribution in [0.2, 0.25) is 0 Å². The van der Waals surface area contributed by atoms with Crippen LogP contribution >= 0.6 is 11.8 Å². The zero-order valence-electron chi connectivity index (χ0n) is 19.6. The van der Waals surface area contributed by atoms with E-state index in [1.807, 2.05) is 48.5 Å². The summed E-state index contributed by atoms with van der Waals surface area (Å²) in [4.78, 5) is 14.9. The number of nitrogens with zero attached hydrogens (tertiary/aromatic N) is 3. The normalized spacial score (nSPS) is 14.0. The number of amides is 1. The second kappa shape index (κ2) is 11.7. The number of nitrogens with one attached hydrogen (secondary N) is 1. The van der Waals surface area contributed by atoms with E-state index in [0.717, 1.165) is 53.8 Å². The van der Waals surface area contributed by atoms with Crippen molar-refractivity contribution in [1.82, 2.24) is 15.5 Å². The predicted octanol–water partition coefficient (Wildman–Crippen LogP) is 4.32. The standard InChI is InChI=1S/C26H30N4O3S/c1-32-22-9-8-21(23(16-22)33-2)17-27-26(31)20-12-14-30(15-13-20)24-10-11-25(29-28-24)34-18-19-6-4-3-5-7-19/h3-11,16,20H,12-15,17-18H2,1-2H3,(H,27,31). The highest BCUT2D eigenvalue weighted by Crippen LogP contribution is 2.26. The first-order valence-electron chi connectivity index (χ1n) is 11.4. The number of thioether (sulfide) groups is 1. The summed E-state index contributed by atoms with van der Waals surface area (Å²) in [5.41, 5.74) is 2.19. The van der Waals surface area contributed by atoms with Gasteiger partial charge in [-0.25, -0.2) is 0 Å². The number of aromatic nitrogens is 2.